The standard InChI is InChI=1S/C22H24Cl2F2N4O2S/c23-14-12-15(30-11-8-22(13-30)7-6-16(22)29-9-1-2-10-29)19(24)20(26)21(14)33(31,32)28-18-5-3-4-17(25)27-18/h3-5,12,16H,1-2,6-11,13H2,(H,27,28)/t16-,22-/m0/s1. The Hall–Kier alpha value is -1.68. The molecule has 2 saturated heterocycles. The topological polar surface area (TPSA) is 65.5 Å². The minimum absolute atomic E-state index is 0.159. The number of rotatable bonds is 5. The van der Waals surface area contributed by atoms with Gasteiger partial charge in [0, 0.05) is 24.5 Å². The summed E-state index contributed by atoms with van der Waals surface area (Å²) in [5.74, 6) is -2.29. The lowest BCUT2D eigenvalue weighted by Crippen LogP contribution is -2.55. The molecule has 0 radical (unpaired) electrons. The van der Waals surface area contributed by atoms with Gasteiger partial charge in [0.1, 0.15) is 15.7 Å². The Kier molecular flexibility index (Phi) is 5.96. The SMILES string of the molecule is O=S(=O)(Nc1cccc(F)n1)c1c(Cl)cc(N2CC[C@@]3(CC[C@@H]3N3CCCC3)C2)c(Cl)c1F. The van der Waals surface area contributed by atoms with Crippen LogP contribution < -0.4 is 9.62 Å². The Morgan fingerprint density at radius 2 is 1.88 bits per heavy atom. The average molecular weight is 517 g/mol. The molecule has 0 amide bonds. The first-order valence-electron chi connectivity index (χ1n) is 11.0. The van der Waals surface area contributed by atoms with Gasteiger partial charge in [-0.3, -0.25) is 9.62 Å². The molecule has 1 N–H and O–H groups in total. The number of nitrogens with one attached hydrogen (secondary N) is 1. The summed E-state index contributed by atoms with van der Waals surface area (Å²) in [6.45, 7) is 3.71. The fourth-order valence-electron chi connectivity index (χ4n) is 5.58. The van der Waals surface area contributed by atoms with Crippen LogP contribution in [0, 0.1) is 17.2 Å². The van der Waals surface area contributed by atoms with Gasteiger partial charge in [-0.2, -0.15) is 4.39 Å². The van der Waals surface area contributed by atoms with Crippen LogP contribution in [-0.4, -0.2) is 50.5 Å². The highest BCUT2D eigenvalue weighted by atomic mass is 35.5. The summed E-state index contributed by atoms with van der Waals surface area (Å²) >= 11 is 12.6. The van der Waals surface area contributed by atoms with Crippen molar-refractivity contribution in [2.45, 2.75) is 43.0 Å². The molecule has 3 fully saturated rings. The van der Waals surface area contributed by atoms with E-state index in [1.807, 2.05) is 4.90 Å². The summed E-state index contributed by atoms with van der Waals surface area (Å²) in [7, 11) is -4.49. The summed E-state index contributed by atoms with van der Waals surface area (Å²) in [4.78, 5) is 7.25. The van der Waals surface area contributed by atoms with E-state index in [-0.39, 0.29) is 21.3 Å². The van der Waals surface area contributed by atoms with E-state index >= 15 is 4.39 Å². The number of nitrogens with zero attached hydrogens (tertiary/aromatic N) is 3. The van der Waals surface area contributed by atoms with Crippen molar-refractivity contribution < 1.29 is 17.2 Å². The summed E-state index contributed by atoms with van der Waals surface area (Å²) in [5.41, 5.74) is 0.553. The highest BCUT2D eigenvalue weighted by Crippen LogP contribution is 2.53. The largest absolute Gasteiger partial charge is 0.370 e. The predicted molar refractivity (Wildman–Crippen MR) is 125 cm³/mol. The van der Waals surface area contributed by atoms with Crippen LogP contribution in [0.2, 0.25) is 10.0 Å². The molecule has 0 bridgehead atoms. The molecule has 5 rings (SSSR count). The van der Waals surface area contributed by atoms with E-state index in [2.05, 4.69) is 14.6 Å². The van der Waals surface area contributed by atoms with Crippen molar-refractivity contribution >= 4 is 44.7 Å². The molecule has 2 aliphatic heterocycles. The van der Waals surface area contributed by atoms with Crippen LogP contribution in [-0.2, 0) is 10.0 Å². The predicted octanol–water partition coefficient (Wildman–Crippen LogP) is 4.92. The zero-order chi connectivity index (χ0) is 23.4. The van der Waals surface area contributed by atoms with Gasteiger partial charge < -0.3 is 4.90 Å². The lowest BCUT2D eigenvalue weighted by atomic mass is 9.63. The molecular formula is C22H24Cl2F2N4O2S. The molecule has 1 aliphatic carbocycles. The third kappa shape index (κ3) is 4.07. The number of likely N-dealkylation sites (tertiary alicyclic amines) is 1. The van der Waals surface area contributed by atoms with Crippen molar-refractivity contribution in [2.24, 2.45) is 5.41 Å². The van der Waals surface area contributed by atoms with Crippen molar-refractivity contribution in [3.8, 4) is 0 Å². The van der Waals surface area contributed by atoms with Gasteiger partial charge in [-0.25, -0.2) is 17.8 Å². The number of halogens is 4. The summed E-state index contributed by atoms with van der Waals surface area (Å²) < 4.78 is 56.3. The Balaban J connectivity index is 1.41. The molecule has 11 heteroatoms. The lowest BCUT2D eigenvalue weighted by Gasteiger charge is -2.51. The molecule has 3 heterocycles. The monoisotopic (exact) mass is 516 g/mol. The first kappa shape index (κ1) is 23.1. The van der Waals surface area contributed by atoms with E-state index < -0.39 is 26.7 Å². The third-order valence-electron chi connectivity index (χ3n) is 7.25. The maximum absolute atomic E-state index is 15.3. The first-order chi connectivity index (χ1) is 15.7. The van der Waals surface area contributed by atoms with E-state index in [0.717, 1.165) is 38.5 Å². The number of anilines is 2. The fourth-order valence-corrected chi connectivity index (χ4v) is 7.54. The van der Waals surface area contributed by atoms with Crippen molar-refractivity contribution in [1.29, 1.82) is 0 Å². The fraction of sp³-hybridized carbons (Fsp3) is 0.500. The Labute approximate surface area is 201 Å². The van der Waals surface area contributed by atoms with E-state index in [1.165, 1.54) is 37.5 Å². The van der Waals surface area contributed by atoms with Gasteiger partial charge >= 0.3 is 0 Å². The third-order valence-corrected chi connectivity index (χ3v) is 9.43. The van der Waals surface area contributed by atoms with Crippen LogP contribution in [0.4, 0.5) is 20.3 Å². The molecule has 6 nitrogen and oxygen atoms in total. The van der Waals surface area contributed by atoms with Crippen LogP contribution in [0.25, 0.3) is 0 Å². The molecular weight excluding hydrogens is 493 g/mol. The van der Waals surface area contributed by atoms with E-state index in [4.69, 9.17) is 23.2 Å². The number of hydrogen-bond acceptors (Lipinski definition) is 5. The van der Waals surface area contributed by atoms with Crippen molar-refractivity contribution in [1.82, 2.24) is 9.88 Å². The van der Waals surface area contributed by atoms with Gasteiger partial charge in [0.05, 0.1) is 10.7 Å². The maximum atomic E-state index is 15.3. The number of benzene rings is 1. The van der Waals surface area contributed by atoms with Gasteiger partial charge in [0.15, 0.2) is 5.82 Å². The van der Waals surface area contributed by atoms with Crippen molar-refractivity contribution in [3.63, 3.8) is 0 Å². The Morgan fingerprint density at radius 3 is 2.55 bits per heavy atom. The number of pyridine rings is 1. The summed E-state index contributed by atoms with van der Waals surface area (Å²) in [6, 6.07) is 5.54. The first-order valence-corrected chi connectivity index (χ1v) is 13.3. The highest BCUT2D eigenvalue weighted by molar-refractivity contribution is 7.92. The van der Waals surface area contributed by atoms with E-state index in [0.29, 0.717) is 18.3 Å². The number of aromatic nitrogens is 1. The minimum Gasteiger partial charge on any atom is -0.370 e. The zero-order valence-corrected chi connectivity index (χ0v) is 20.2. The van der Waals surface area contributed by atoms with Crippen molar-refractivity contribution in [3.05, 3.63) is 46.1 Å². The summed E-state index contributed by atoms with van der Waals surface area (Å²) in [5, 5.41) is -0.581. The molecule has 33 heavy (non-hydrogen) atoms. The second-order valence-electron chi connectivity index (χ2n) is 9.12. The normalized spacial score (nSPS) is 25.6. The lowest BCUT2D eigenvalue weighted by molar-refractivity contribution is 0.00200. The molecule has 2 aromatic rings. The average Bonchev–Trinajstić information content (AvgIpc) is 3.41. The van der Waals surface area contributed by atoms with Crippen LogP contribution in [0.1, 0.15) is 32.1 Å². The molecule has 1 saturated carbocycles. The number of sulfonamides is 1. The van der Waals surface area contributed by atoms with E-state index in [1.54, 1.807) is 0 Å². The van der Waals surface area contributed by atoms with Crippen molar-refractivity contribution in [2.75, 3.05) is 35.8 Å². The maximum Gasteiger partial charge on any atom is 0.267 e. The van der Waals surface area contributed by atoms with Gasteiger partial charge in [0.25, 0.3) is 10.0 Å². The van der Waals surface area contributed by atoms with Gasteiger partial charge in [-0.05, 0) is 63.4 Å². The van der Waals surface area contributed by atoms with Crippen LogP contribution in [0.3, 0.4) is 0 Å². The quantitative estimate of drug-likeness (QED) is 0.451. The smallest absolute Gasteiger partial charge is 0.267 e. The van der Waals surface area contributed by atoms with Crippen LogP contribution >= 0.6 is 23.2 Å². The van der Waals surface area contributed by atoms with Crippen LogP contribution in [0.5, 0.6) is 0 Å². The Morgan fingerprint density at radius 1 is 1.12 bits per heavy atom. The van der Waals surface area contributed by atoms with E-state index in [9.17, 15) is 12.8 Å². The van der Waals surface area contributed by atoms with Gasteiger partial charge in [0.2, 0.25) is 5.95 Å². The minimum atomic E-state index is -4.49. The molecule has 1 aromatic heterocycles. The molecule has 1 spiro atoms. The second kappa shape index (κ2) is 8.52. The zero-order valence-electron chi connectivity index (χ0n) is 17.8. The molecule has 0 unspecified atom stereocenters. The molecule has 3 aliphatic rings. The number of hydrogen-bond donors (Lipinski definition) is 1. The van der Waals surface area contributed by atoms with Crippen LogP contribution in [0.15, 0.2) is 29.2 Å². The van der Waals surface area contributed by atoms with Gasteiger partial charge in [-0.15, -0.1) is 0 Å². The second-order valence-corrected chi connectivity index (χ2v) is 11.5. The van der Waals surface area contributed by atoms with Gasteiger partial charge in [-0.1, -0.05) is 29.3 Å². The molecule has 2 atom stereocenters. The molecule has 178 valence electrons. The molecule has 1 aromatic carbocycles. The Bertz CT molecular complexity index is 1190. The summed E-state index contributed by atoms with van der Waals surface area (Å²) in [6.07, 6.45) is 5.75. The highest BCUT2D eigenvalue weighted by Gasteiger charge is 2.53.